The largest absolute Gasteiger partial charge is 0.396 e. The maximum atomic E-state index is 9.43. The second-order valence-electron chi connectivity index (χ2n) is 5.22. The maximum Gasteiger partial charge on any atom is 0.0496 e. The molecule has 1 aromatic carbocycles. The van der Waals surface area contributed by atoms with Gasteiger partial charge in [0.25, 0.3) is 0 Å². The first-order chi connectivity index (χ1) is 8.54. The van der Waals surface area contributed by atoms with Crippen LogP contribution in [0.1, 0.15) is 45.2 Å². The predicted octanol–water partition coefficient (Wildman–Crippen LogP) is 3.90. The molecule has 2 unspecified atom stereocenters. The number of halogens is 1. The quantitative estimate of drug-likeness (QED) is 0.800. The highest BCUT2D eigenvalue weighted by molar-refractivity contribution is 9.10. The molecule has 2 nitrogen and oxygen atoms in total. The third-order valence-corrected chi connectivity index (χ3v) is 4.22. The molecule has 0 aliphatic rings. The smallest absolute Gasteiger partial charge is 0.0496 e. The fraction of sp³-hybridized carbons (Fsp3) is 0.600. The molecule has 102 valence electrons. The van der Waals surface area contributed by atoms with Gasteiger partial charge in [0.1, 0.15) is 0 Å². The Hall–Kier alpha value is -0.380. The molecule has 0 aliphatic heterocycles. The van der Waals surface area contributed by atoms with Crippen molar-refractivity contribution in [2.24, 2.45) is 5.41 Å². The first-order valence-electron chi connectivity index (χ1n) is 6.64. The van der Waals surface area contributed by atoms with Crippen LogP contribution < -0.4 is 5.32 Å². The summed E-state index contributed by atoms with van der Waals surface area (Å²) in [5.41, 5.74) is 1.28. The number of aliphatic hydroxyl groups excluding tert-OH is 1. The molecular formula is C15H24BrNO. The molecule has 18 heavy (non-hydrogen) atoms. The number of rotatable bonds is 7. The zero-order valence-electron chi connectivity index (χ0n) is 11.5. The molecule has 0 saturated carbocycles. The molecule has 0 spiro atoms. The van der Waals surface area contributed by atoms with Gasteiger partial charge in [0.05, 0.1) is 0 Å². The zero-order chi connectivity index (χ0) is 13.6. The Kier molecular flexibility index (Phi) is 6.33. The van der Waals surface area contributed by atoms with Crippen LogP contribution in [-0.4, -0.2) is 18.3 Å². The minimum atomic E-state index is -0.0250. The van der Waals surface area contributed by atoms with E-state index in [4.69, 9.17) is 0 Å². The summed E-state index contributed by atoms with van der Waals surface area (Å²) in [6.07, 6.45) is 2.03. The molecule has 0 aliphatic carbocycles. The average molecular weight is 314 g/mol. The van der Waals surface area contributed by atoms with Gasteiger partial charge >= 0.3 is 0 Å². The number of benzene rings is 1. The first kappa shape index (κ1) is 15.7. The van der Waals surface area contributed by atoms with Crippen molar-refractivity contribution in [2.45, 2.75) is 39.7 Å². The lowest BCUT2D eigenvalue weighted by molar-refractivity contribution is 0.131. The highest BCUT2D eigenvalue weighted by Gasteiger charge is 2.22. The molecule has 0 aromatic heterocycles. The predicted molar refractivity (Wildman–Crippen MR) is 80.7 cm³/mol. The number of nitrogens with one attached hydrogen (secondary N) is 1. The standard InChI is InChI=1S/C15H24BrNO/c1-4-14(12-6-8-13(16)9-7-12)17-10-15(3,5-2)11-18/h6-9,14,17-18H,4-5,10-11H2,1-3H3. The number of hydrogen-bond donors (Lipinski definition) is 2. The van der Waals surface area contributed by atoms with Crippen molar-refractivity contribution >= 4 is 15.9 Å². The fourth-order valence-electron chi connectivity index (χ4n) is 1.86. The van der Waals surface area contributed by atoms with E-state index < -0.39 is 0 Å². The van der Waals surface area contributed by atoms with Gasteiger partial charge in [-0.05, 0) is 30.5 Å². The maximum absolute atomic E-state index is 9.43. The summed E-state index contributed by atoms with van der Waals surface area (Å²) in [6.45, 7) is 7.50. The lowest BCUT2D eigenvalue weighted by Gasteiger charge is -2.29. The lowest BCUT2D eigenvalue weighted by Crippen LogP contribution is -2.36. The molecule has 2 atom stereocenters. The van der Waals surface area contributed by atoms with Crippen molar-refractivity contribution in [1.29, 1.82) is 0 Å². The van der Waals surface area contributed by atoms with Crippen molar-refractivity contribution in [3.05, 3.63) is 34.3 Å². The Labute approximate surface area is 119 Å². The Morgan fingerprint density at radius 3 is 2.33 bits per heavy atom. The normalized spacial score (nSPS) is 16.3. The number of aliphatic hydroxyl groups is 1. The van der Waals surface area contributed by atoms with Gasteiger partial charge in [0.15, 0.2) is 0 Å². The van der Waals surface area contributed by atoms with Crippen LogP contribution in [0.4, 0.5) is 0 Å². The van der Waals surface area contributed by atoms with E-state index in [1.54, 1.807) is 0 Å². The molecule has 0 fully saturated rings. The molecule has 1 aromatic rings. The third-order valence-electron chi connectivity index (χ3n) is 3.69. The van der Waals surface area contributed by atoms with Crippen molar-refractivity contribution in [3.63, 3.8) is 0 Å². The van der Waals surface area contributed by atoms with Crippen LogP contribution in [0.2, 0.25) is 0 Å². The summed E-state index contributed by atoms with van der Waals surface area (Å²) in [4.78, 5) is 0. The van der Waals surface area contributed by atoms with Crippen LogP contribution in [0.15, 0.2) is 28.7 Å². The van der Waals surface area contributed by atoms with Gasteiger partial charge in [0, 0.05) is 29.1 Å². The van der Waals surface area contributed by atoms with Crippen molar-refractivity contribution < 1.29 is 5.11 Å². The van der Waals surface area contributed by atoms with Crippen molar-refractivity contribution in [3.8, 4) is 0 Å². The zero-order valence-corrected chi connectivity index (χ0v) is 13.1. The molecule has 3 heteroatoms. The summed E-state index contributed by atoms with van der Waals surface area (Å²) in [6, 6.07) is 8.80. The average Bonchev–Trinajstić information content (AvgIpc) is 2.41. The minimum absolute atomic E-state index is 0.0250. The molecule has 0 bridgehead atoms. The summed E-state index contributed by atoms with van der Waals surface area (Å²) in [5.74, 6) is 0. The Morgan fingerprint density at radius 2 is 1.89 bits per heavy atom. The van der Waals surface area contributed by atoms with E-state index in [-0.39, 0.29) is 12.0 Å². The van der Waals surface area contributed by atoms with E-state index >= 15 is 0 Å². The third kappa shape index (κ3) is 4.38. The van der Waals surface area contributed by atoms with Gasteiger partial charge < -0.3 is 10.4 Å². The molecule has 0 radical (unpaired) electrons. The van der Waals surface area contributed by atoms with Crippen LogP contribution in [0, 0.1) is 5.41 Å². The second-order valence-corrected chi connectivity index (χ2v) is 6.13. The molecule has 1 rings (SSSR count). The van der Waals surface area contributed by atoms with Crippen LogP contribution >= 0.6 is 15.9 Å². The summed E-state index contributed by atoms with van der Waals surface area (Å²) in [7, 11) is 0. The van der Waals surface area contributed by atoms with E-state index in [1.807, 2.05) is 0 Å². The van der Waals surface area contributed by atoms with E-state index in [0.717, 1.165) is 23.9 Å². The minimum Gasteiger partial charge on any atom is -0.396 e. The van der Waals surface area contributed by atoms with Gasteiger partial charge in [-0.15, -0.1) is 0 Å². The van der Waals surface area contributed by atoms with Gasteiger partial charge in [0.2, 0.25) is 0 Å². The fourth-order valence-corrected chi connectivity index (χ4v) is 2.12. The molecular weight excluding hydrogens is 290 g/mol. The molecule has 0 saturated heterocycles. The Bertz CT molecular complexity index is 346. The van der Waals surface area contributed by atoms with Crippen molar-refractivity contribution in [2.75, 3.05) is 13.2 Å². The van der Waals surface area contributed by atoms with Crippen molar-refractivity contribution in [1.82, 2.24) is 5.32 Å². The molecule has 0 heterocycles. The van der Waals surface area contributed by atoms with Crippen LogP contribution in [0.5, 0.6) is 0 Å². The summed E-state index contributed by atoms with van der Waals surface area (Å²) >= 11 is 3.46. The van der Waals surface area contributed by atoms with Gasteiger partial charge in [-0.25, -0.2) is 0 Å². The summed E-state index contributed by atoms with van der Waals surface area (Å²) < 4.78 is 1.11. The highest BCUT2D eigenvalue weighted by Crippen LogP contribution is 2.23. The van der Waals surface area contributed by atoms with Gasteiger partial charge in [-0.1, -0.05) is 48.8 Å². The van der Waals surface area contributed by atoms with Gasteiger partial charge in [-0.2, -0.15) is 0 Å². The second kappa shape index (κ2) is 7.27. The Morgan fingerprint density at radius 1 is 1.28 bits per heavy atom. The highest BCUT2D eigenvalue weighted by atomic mass is 79.9. The van der Waals surface area contributed by atoms with E-state index in [9.17, 15) is 5.11 Å². The van der Waals surface area contributed by atoms with E-state index in [1.165, 1.54) is 5.56 Å². The van der Waals surface area contributed by atoms with E-state index in [0.29, 0.717) is 6.04 Å². The van der Waals surface area contributed by atoms with Crippen LogP contribution in [-0.2, 0) is 0 Å². The first-order valence-corrected chi connectivity index (χ1v) is 7.43. The molecule has 2 N–H and O–H groups in total. The van der Waals surface area contributed by atoms with Crippen LogP contribution in [0.25, 0.3) is 0 Å². The topological polar surface area (TPSA) is 32.3 Å². The monoisotopic (exact) mass is 313 g/mol. The Balaban J connectivity index is 2.65. The molecule has 0 amide bonds. The SMILES string of the molecule is CCC(NCC(C)(CC)CO)c1ccc(Br)cc1. The van der Waals surface area contributed by atoms with Crippen LogP contribution in [0.3, 0.4) is 0 Å². The van der Waals surface area contributed by atoms with E-state index in [2.05, 4.69) is 66.3 Å². The number of hydrogen-bond acceptors (Lipinski definition) is 2. The van der Waals surface area contributed by atoms with Gasteiger partial charge in [-0.3, -0.25) is 0 Å². The summed E-state index contributed by atoms with van der Waals surface area (Å²) in [5, 5.41) is 13.0. The lowest BCUT2D eigenvalue weighted by atomic mass is 9.88.